The Morgan fingerprint density at radius 1 is 1.00 bits per heavy atom. The number of hydrogen-bond donors (Lipinski definition) is 1. The Labute approximate surface area is 181 Å². The van der Waals surface area contributed by atoms with Crippen molar-refractivity contribution >= 4 is 5.91 Å². The van der Waals surface area contributed by atoms with Crippen molar-refractivity contribution in [1.29, 1.82) is 0 Å². The fourth-order valence-electron chi connectivity index (χ4n) is 5.44. The zero-order valence-electron chi connectivity index (χ0n) is 18.5. The molecule has 0 spiro atoms. The monoisotopic (exact) mass is 414 g/mol. The number of fused-ring (bicyclic) bond motifs is 3. The molecule has 0 saturated carbocycles. The van der Waals surface area contributed by atoms with E-state index in [4.69, 9.17) is 9.47 Å². The standard InChI is InChI=1S/C25H38N2O3/c1-2-3-4-5-6-7-8-9-25(28)26-20-15-21-11-12-22(16-20)27(21)17-19-10-13-23-24(14-19)30-18-29-23/h10,13-14,20-22H,2-9,11-12,15-18H2,1H3,(H,26,28). The van der Waals surface area contributed by atoms with Crippen molar-refractivity contribution in [2.75, 3.05) is 6.79 Å². The second-order valence-corrected chi connectivity index (χ2v) is 9.35. The molecule has 30 heavy (non-hydrogen) atoms. The number of benzene rings is 1. The third-order valence-electron chi connectivity index (χ3n) is 7.06. The minimum absolute atomic E-state index is 0.261. The summed E-state index contributed by atoms with van der Waals surface area (Å²) in [5.41, 5.74) is 1.29. The van der Waals surface area contributed by atoms with E-state index in [9.17, 15) is 4.79 Å². The number of carbonyl (C=O) groups is 1. The minimum atomic E-state index is 0.261. The number of rotatable bonds is 11. The number of carbonyl (C=O) groups excluding carboxylic acids is 1. The van der Waals surface area contributed by atoms with E-state index in [0.29, 0.717) is 31.3 Å². The van der Waals surface area contributed by atoms with Gasteiger partial charge in [0, 0.05) is 31.1 Å². The van der Waals surface area contributed by atoms with E-state index in [1.54, 1.807) is 0 Å². The van der Waals surface area contributed by atoms with Crippen molar-refractivity contribution in [3.05, 3.63) is 23.8 Å². The summed E-state index contributed by atoms with van der Waals surface area (Å²) in [6.07, 6.45) is 14.2. The van der Waals surface area contributed by atoms with E-state index in [-0.39, 0.29) is 5.91 Å². The van der Waals surface area contributed by atoms with Gasteiger partial charge >= 0.3 is 0 Å². The second kappa shape index (κ2) is 10.5. The van der Waals surface area contributed by atoms with E-state index in [1.807, 2.05) is 6.07 Å². The highest BCUT2D eigenvalue weighted by atomic mass is 16.7. The topological polar surface area (TPSA) is 50.8 Å². The first-order valence-electron chi connectivity index (χ1n) is 12.2. The Bertz CT molecular complexity index is 694. The van der Waals surface area contributed by atoms with Crippen LogP contribution in [0.4, 0.5) is 0 Å². The summed E-state index contributed by atoms with van der Waals surface area (Å²) in [5, 5.41) is 3.35. The summed E-state index contributed by atoms with van der Waals surface area (Å²) in [7, 11) is 0. The van der Waals surface area contributed by atoms with Gasteiger partial charge < -0.3 is 14.8 Å². The van der Waals surface area contributed by atoms with Crippen molar-refractivity contribution in [2.24, 2.45) is 0 Å². The lowest BCUT2D eigenvalue weighted by Gasteiger charge is -2.39. The molecule has 3 heterocycles. The van der Waals surface area contributed by atoms with Gasteiger partial charge in [0.2, 0.25) is 12.7 Å². The van der Waals surface area contributed by atoms with Crippen molar-refractivity contribution in [3.8, 4) is 11.5 Å². The molecule has 5 heteroatoms. The summed E-state index contributed by atoms with van der Waals surface area (Å²) in [6.45, 7) is 3.54. The fourth-order valence-corrected chi connectivity index (χ4v) is 5.44. The van der Waals surface area contributed by atoms with E-state index in [1.165, 1.54) is 56.9 Å². The molecule has 166 valence electrons. The predicted octanol–water partition coefficient (Wildman–Crippen LogP) is 5.17. The molecule has 1 N–H and O–H groups in total. The molecule has 0 aromatic heterocycles. The molecule has 5 nitrogen and oxygen atoms in total. The van der Waals surface area contributed by atoms with Crippen LogP contribution in [0, 0.1) is 0 Å². The molecule has 4 rings (SSSR count). The van der Waals surface area contributed by atoms with E-state index in [0.717, 1.165) is 37.3 Å². The van der Waals surface area contributed by atoms with Crippen LogP contribution in [-0.2, 0) is 11.3 Å². The Balaban J connectivity index is 1.18. The maximum absolute atomic E-state index is 12.4. The Kier molecular flexibility index (Phi) is 7.53. The molecule has 2 unspecified atom stereocenters. The van der Waals surface area contributed by atoms with Gasteiger partial charge in [-0.2, -0.15) is 0 Å². The lowest BCUT2D eigenvalue weighted by molar-refractivity contribution is -0.122. The Morgan fingerprint density at radius 2 is 1.70 bits per heavy atom. The zero-order chi connectivity index (χ0) is 20.8. The summed E-state index contributed by atoms with van der Waals surface area (Å²) in [6, 6.07) is 7.82. The van der Waals surface area contributed by atoms with Crippen LogP contribution in [0.2, 0.25) is 0 Å². The molecule has 2 saturated heterocycles. The average molecular weight is 415 g/mol. The van der Waals surface area contributed by atoms with Gasteiger partial charge in [-0.1, -0.05) is 51.5 Å². The van der Waals surface area contributed by atoms with Crippen LogP contribution < -0.4 is 14.8 Å². The molecule has 2 fully saturated rings. The number of nitrogens with zero attached hydrogens (tertiary/aromatic N) is 1. The summed E-state index contributed by atoms with van der Waals surface area (Å²) < 4.78 is 11.0. The molecule has 3 aliphatic rings. The van der Waals surface area contributed by atoms with Crippen molar-refractivity contribution in [3.63, 3.8) is 0 Å². The first kappa shape index (κ1) is 21.5. The molecular weight excluding hydrogens is 376 g/mol. The second-order valence-electron chi connectivity index (χ2n) is 9.35. The number of unbranched alkanes of at least 4 members (excludes halogenated alkanes) is 6. The van der Waals surface area contributed by atoms with Gasteiger partial charge in [0.15, 0.2) is 11.5 Å². The van der Waals surface area contributed by atoms with Crippen LogP contribution in [0.15, 0.2) is 18.2 Å². The zero-order valence-corrected chi connectivity index (χ0v) is 18.5. The highest BCUT2D eigenvalue weighted by Crippen LogP contribution is 2.38. The smallest absolute Gasteiger partial charge is 0.231 e. The third-order valence-corrected chi connectivity index (χ3v) is 7.06. The summed E-state index contributed by atoms with van der Waals surface area (Å²) in [4.78, 5) is 15.1. The molecule has 3 aliphatic heterocycles. The van der Waals surface area contributed by atoms with Crippen molar-refractivity contribution in [2.45, 2.75) is 109 Å². The average Bonchev–Trinajstić information content (AvgIpc) is 3.29. The number of nitrogens with one attached hydrogen (secondary N) is 1. The van der Waals surface area contributed by atoms with Crippen LogP contribution in [0.5, 0.6) is 11.5 Å². The van der Waals surface area contributed by atoms with Gasteiger partial charge in [-0.25, -0.2) is 0 Å². The Hall–Kier alpha value is -1.75. The highest BCUT2D eigenvalue weighted by molar-refractivity contribution is 5.76. The highest BCUT2D eigenvalue weighted by Gasteiger charge is 2.40. The molecular formula is C25H38N2O3. The molecule has 1 aromatic carbocycles. The van der Waals surface area contributed by atoms with Gasteiger partial charge in [0.05, 0.1) is 0 Å². The minimum Gasteiger partial charge on any atom is -0.454 e. The summed E-state index contributed by atoms with van der Waals surface area (Å²) in [5.74, 6) is 1.98. The van der Waals surface area contributed by atoms with Gasteiger partial charge in [-0.15, -0.1) is 0 Å². The fraction of sp³-hybridized carbons (Fsp3) is 0.720. The van der Waals surface area contributed by atoms with Crippen LogP contribution >= 0.6 is 0 Å². The third kappa shape index (κ3) is 5.48. The lowest BCUT2D eigenvalue weighted by atomic mass is 9.96. The number of piperidine rings is 1. The molecule has 1 amide bonds. The van der Waals surface area contributed by atoms with Gasteiger partial charge in [-0.3, -0.25) is 9.69 Å². The van der Waals surface area contributed by atoms with Crippen LogP contribution in [0.1, 0.15) is 89.5 Å². The van der Waals surface area contributed by atoms with Gasteiger partial charge in [-0.05, 0) is 49.8 Å². The maximum atomic E-state index is 12.4. The molecule has 0 radical (unpaired) electrons. The van der Waals surface area contributed by atoms with E-state index < -0.39 is 0 Å². The SMILES string of the molecule is CCCCCCCCCC(=O)NC1CC2CCC(C1)N2Cc1ccc2c(c1)OCO2. The molecule has 2 atom stereocenters. The number of ether oxygens (including phenoxy) is 2. The largest absolute Gasteiger partial charge is 0.454 e. The van der Waals surface area contributed by atoms with Crippen LogP contribution in [0.25, 0.3) is 0 Å². The maximum Gasteiger partial charge on any atom is 0.231 e. The summed E-state index contributed by atoms with van der Waals surface area (Å²) >= 11 is 0. The van der Waals surface area contributed by atoms with Crippen LogP contribution in [-0.4, -0.2) is 35.7 Å². The first-order valence-corrected chi connectivity index (χ1v) is 12.2. The molecule has 0 aliphatic carbocycles. The Morgan fingerprint density at radius 3 is 2.47 bits per heavy atom. The normalized spacial score (nSPS) is 24.9. The van der Waals surface area contributed by atoms with E-state index in [2.05, 4.69) is 29.3 Å². The van der Waals surface area contributed by atoms with Crippen molar-refractivity contribution in [1.82, 2.24) is 10.2 Å². The lowest BCUT2D eigenvalue weighted by Crippen LogP contribution is -2.49. The first-order chi connectivity index (χ1) is 14.7. The molecule has 1 aromatic rings. The van der Waals surface area contributed by atoms with E-state index >= 15 is 0 Å². The number of hydrogen-bond acceptors (Lipinski definition) is 4. The van der Waals surface area contributed by atoms with Crippen molar-refractivity contribution < 1.29 is 14.3 Å². The predicted molar refractivity (Wildman–Crippen MR) is 119 cm³/mol. The van der Waals surface area contributed by atoms with Gasteiger partial charge in [0.25, 0.3) is 0 Å². The quantitative estimate of drug-likeness (QED) is 0.508. The van der Waals surface area contributed by atoms with Crippen LogP contribution in [0.3, 0.4) is 0 Å². The molecule has 2 bridgehead atoms. The van der Waals surface area contributed by atoms with Gasteiger partial charge in [0.1, 0.15) is 0 Å². The number of amides is 1.